The van der Waals surface area contributed by atoms with Crippen LogP contribution in [0.25, 0.3) is 11.1 Å². The van der Waals surface area contributed by atoms with Crippen LogP contribution in [0, 0.1) is 0 Å². The smallest absolute Gasteiger partial charge is 0.417 e. The number of nitrogens with zero attached hydrogens (tertiary/aromatic N) is 2. The van der Waals surface area contributed by atoms with Gasteiger partial charge in [-0.2, -0.15) is 18.3 Å². The topological polar surface area (TPSA) is 53.1 Å². The first-order valence-corrected chi connectivity index (χ1v) is 5.37. The molecule has 2 aromatic rings. The van der Waals surface area contributed by atoms with E-state index in [-0.39, 0.29) is 22.7 Å². The zero-order chi connectivity index (χ0) is 14.2. The molecular formula is C12H12F3N3O. The number of methoxy groups -OCH3 is 1. The predicted octanol–water partition coefficient (Wildman–Crippen LogP) is 2.70. The molecule has 0 saturated heterocycles. The van der Waals surface area contributed by atoms with Crippen molar-refractivity contribution in [3.63, 3.8) is 0 Å². The van der Waals surface area contributed by atoms with E-state index in [0.717, 1.165) is 6.07 Å². The molecule has 0 bridgehead atoms. The second-order valence-electron chi connectivity index (χ2n) is 3.98. The molecule has 2 rings (SSSR count). The van der Waals surface area contributed by atoms with E-state index in [4.69, 9.17) is 10.5 Å². The molecule has 7 heteroatoms. The minimum atomic E-state index is -4.49. The van der Waals surface area contributed by atoms with Gasteiger partial charge >= 0.3 is 6.18 Å². The Morgan fingerprint density at radius 2 is 1.95 bits per heavy atom. The first-order chi connectivity index (χ1) is 8.84. The highest BCUT2D eigenvalue weighted by molar-refractivity contribution is 5.77. The molecule has 0 atom stereocenters. The second-order valence-corrected chi connectivity index (χ2v) is 3.98. The molecule has 0 unspecified atom stereocenters. The van der Waals surface area contributed by atoms with E-state index in [1.54, 1.807) is 7.05 Å². The van der Waals surface area contributed by atoms with E-state index in [0.29, 0.717) is 0 Å². The molecule has 4 nitrogen and oxygen atoms in total. The largest absolute Gasteiger partial charge is 0.497 e. The Morgan fingerprint density at radius 3 is 2.42 bits per heavy atom. The van der Waals surface area contributed by atoms with Gasteiger partial charge in [-0.25, -0.2) is 0 Å². The third-order valence-corrected chi connectivity index (χ3v) is 2.81. The number of hydrogen-bond acceptors (Lipinski definition) is 3. The average Bonchev–Trinajstić information content (AvgIpc) is 2.68. The molecule has 0 aliphatic rings. The van der Waals surface area contributed by atoms with E-state index in [9.17, 15) is 13.2 Å². The quantitative estimate of drug-likeness (QED) is 0.913. The van der Waals surface area contributed by atoms with E-state index in [1.165, 1.54) is 30.1 Å². The highest BCUT2D eigenvalue weighted by Crippen LogP contribution is 2.40. The van der Waals surface area contributed by atoms with Crippen molar-refractivity contribution in [3.8, 4) is 16.9 Å². The van der Waals surface area contributed by atoms with Gasteiger partial charge in [0.2, 0.25) is 0 Å². The first kappa shape index (κ1) is 13.3. The van der Waals surface area contributed by atoms with Crippen LogP contribution in [0.2, 0.25) is 0 Å². The van der Waals surface area contributed by atoms with Gasteiger partial charge in [-0.1, -0.05) is 0 Å². The number of halogens is 3. The molecule has 1 aromatic carbocycles. The lowest BCUT2D eigenvalue weighted by Gasteiger charge is -2.14. The molecular weight excluding hydrogens is 259 g/mol. The second kappa shape index (κ2) is 4.49. The SMILES string of the molecule is COc1ccc(-c2cnn(C)c2N)c(C(F)(F)F)c1. The summed E-state index contributed by atoms with van der Waals surface area (Å²) in [4.78, 5) is 0. The number of alkyl halides is 3. The van der Waals surface area contributed by atoms with Crippen molar-refractivity contribution in [3.05, 3.63) is 30.0 Å². The fraction of sp³-hybridized carbons (Fsp3) is 0.250. The Hall–Kier alpha value is -2.18. The summed E-state index contributed by atoms with van der Waals surface area (Å²) in [5, 5.41) is 3.85. The van der Waals surface area contributed by atoms with Crippen LogP contribution < -0.4 is 10.5 Å². The van der Waals surface area contributed by atoms with Crippen molar-refractivity contribution in [2.75, 3.05) is 12.8 Å². The molecule has 1 heterocycles. The Labute approximate surface area is 107 Å². The maximum atomic E-state index is 13.1. The van der Waals surface area contributed by atoms with Gasteiger partial charge in [-0.05, 0) is 23.8 Å². The number of nitrogens with two attached hydrogens (primary N) is 1. The average molecular weight is 271 g/mol. The first-order valence-electron chi connectivity index (χ1n) is 5.37. The molecule has 0 radical (unpaired) electrons. The number of aromatic nitrogens is 2. The highest BCUT2D eigenvalue weighted by atomic mass is 19.4. The van der Waals surface area contributed by atoms with Crippen molar-refractivity contribution in [2.24, 2.45) is 7.05 Å². The lowest BCUT2D eigenvalue weighted by molar-refractivity contribution is -0.137. The third kappa shape index (κ3) is 2.35. The number of hydrogen-bond donors (Lipinski definition) is 1. The summed E-state index contributed by atoms with van der Waals surface area (Å²) < 4.78 is 45.3. The number of anilines is 1. The molecule has 0 fully saturated rings. The zero-order valence-corrected chi connectivity index (χ0v) is 10.3. The molecule has 0 aliphatic carbocycles. The normalized spacial score (nSPS) is 11.6. The van der Waals surface area contributed by atoms with E-state index in [1.807, 2.05) is 0 Å². The predicted molar refractivity (Wildman–Crippen MR) is 64.6 cm³/mol. The molecule has 1 aromatic heterocycles. The van der Waals surface area contributed by atoms with Crippen LogP contribution in [0.4, 0.5) is 19.0 Å². The molecule has 102 valence electrons. The minimum absolute atomic E-state index is 0.0149. The maximum absolute atomic E-state index is 13.1. The van der Waals surface area contributed by atoms with Crippen LogP contribution in [0.15, 0.2) is 24.4 Å². The van der Waals surface area contributed by atoms with Crippen LogP contribution in [0.5, 0.6) is 5.75 Å². The minimum Gasteiger partial charge on any atom is -0.497 e. The van der Waals surface area contributed by atoms with Gasteiger partial charge in [0.05, 0.1) is 18.9 Å². The Balaban J connectivity index is 2.66. The molecule has 0 saturated carbocycles. The van der Waals surface area contributed by atoms with Gasteiger partial charge in [0.1, 0.15) is 11.6 Å². The van der Waals surface area contributed by atoms with Gasteiger partial charge in [0, 0.05) is 12.6 Å². The summed E-state index contributed by atoms with van der Waals surface area (Å²) in [5.74, 6) is 0.314. The van der Waals surface area contributed by atoms with E-state index < -0.39 is 11.7 Å². The summed E-state index contributed by atoms with van der Waals surface area (Å²) in [7, 11) is 2.88. The van der Waals surface area contributed by atoms with Gasteiger partial charge in [0.25, 0.3) is 0 Å². The molecule has 2 N–H and O–H groups in total. The third-order valence-electron chi connectivity index (χ3n) is 2.81. The lowest BCUT2D eigenvalue weighted by atomic mass is 10.0. The number of benzene rings is 1. The van der Waals surface area contributed by atoms with Crippen molar-refractivity contribution >= 4 is 5.82 Å². The van der Waals surface area contributed by atoms with Crippen molar-refractivity contribution in [1.29, 1.82) is 0 Å². The van der Waals surface area contributed by atoms with Crippen molar-refractivity contribution < 1.29 is 17.9 Å². The Kier molecular flexibility index (Phi) is 3.13. The summed E-state index contributed by atoms with van der Waals surface area (Å²) in [6.45, 7) is 0. The van der Waals surface area contributed by atoms with Crippen LogP contribution in [-0.2, 0) is 13.2 Å². The summed E-state index contributed by atoms with van der Waals surface area (Å²) >= 11 is 0. The summed E-state index contributed by atoms with van der Waals surface area (Å²) in [6.07, 6.45) is -3.18. The highest BCUT2D eigenvalue weighted by Gasteiger charge is 2.35. The Morgan fingerprint density at radius 1 is 1.26 bits per heavy atom. The maximum Gasteiger partial charge on any atom is 0.417 e. The standard InChI is InChI=1S/C12H12F3N3O/c1-18-11(16)9(6-17-18)8-4-3-7(19-2)5-10(8)12(13,14)15/h3-6H,16H2,1-2H3. The summed E-state index contributed by atoms with van der Waals surface area (Å²) in [6, 6.07) is 3.73. The van der Waals surface area contributed by atoms with Crippen molar-refractivity contribution in [1.82, 2.24) is 9.78 Å². The molecule has 19 heavy (non-hydrogen) atoms. The lowest BCUT2D eigenvalue weighted by Crippen LogP contribution is -2.08. The summed E-state index contributed by atoms with van der Waals surface area (Å²) in [5.41, 5.74) is 5.15. The number of aryl methyl sites for hydroxylation is 1. The van der Waals surface area contributed by atoms with Crippen LogP contribution >= 0.6 is 0 Å². The number of rotatable bonds is 2. The van der Waals surface area contributed by atoms with Crippen LogP contribution in [0.1, 0.15) is 5.56 Å². The number of ether oxygens (including phenoxy) is 1. The van der Waals surface area contributed by atoms with Crippen molar-refractivity contribution in [2.45, 2.75) is 6.18 Å². The fourth-order valence-corrected chi connectivity index (χ4v) is 1.77. The van der Waals surface area contributed by atoms with Gasteiger partial charge < -0.3 is 10.5 Å². The monoisotopic (exact) mass is 271 g/mol. The molecule has 0 amide bonds. The zero-order valence-electron chi connectivity index (χ0n) is 10.3. The molecule has 0 aliphatic heterocycles. The van der Waals surface area contributed by atoms with E-state index in [2.05, 4.69) is 5.10 Å². The van der Waals surface area contributed by atoms with Gasteiger partial charge in [-0.15, -0.1) is 0 Å². The van der Waals surface area contributed by atoms with Crippen LogP contribution in [-0.4, -0.2) is 16.9 Å². The molecule has 0 spiro atoms. The Bertz CT molecular complexity index is 605. The van der Waals surface area contributed by atoms with Gasteiger partial charge in [0.15, 0.2) is 0 Å². The van der Waals surface area contributed by atoms with Crippen LogP contribution in [0.3, 0.4) is 0 Å². The van der Waals surface area contributed by atoms with Gasteiger partial charge in [-0.3, -0.25) is 4.68 Å². The number of nitrogen functional groups attached to an aromatic ring is 1. The van der Waals surface area contributed by atoms with E-state index >= 15 is 0 Å². The fourth-order valence-electron chi connectivity index (χ4n) is 1.77.